The van der Waals surface area contributed by atoms with E-state index in [0.717, 1.165) is 39.0 Å². The van der Waals surface area contributed by atoms with Gasteiger partial charge < -0.3 is 14.7 Å². The number of hydrogen-bond donors (Lipinski definition) is 0. The van der Waals surface area contributed by atoms with Crippen LogP contribution in [-0.2, 0) is 11.2 Å². The molecule has 0 spiro atoms. The largest absolute Gasteiger partial charge is 0.341 e. The summed E-state index contributed by atoms with van der Waals surface area (Å²) >= 11 is 0. The van der Waals surface area contributed by atoms with Crippen molar-refractivity contribution < 1.29 is 4.79 Å². The molecule has 1 aromatic rings. The molecular weight excluding hydrogens is 298 g/mol. The number of likely N-dealkylation sites (N-methyl/N-ethyl adjacent to an activating group) is 1. The predicted molar refractivity (Wildman–Crippen MR) is 100 cm³/mol. The molecule has 0 radical (unpaired) electrons. The van der Waals surface area contributed by atoms with Gasteiger partial charge in [-0.15, -0.1) is 0 Å². The topological polar surface area (TPSA) is 26.8 Å². The van der Waals surface area contributed by atoms with Gasteiger partial charge in [0.15, 0.2) is 0 Å². The van der Waals surface area contributed by atoms with Gasteiger partial charge in [-0.1, -0.05) is 30.3 Å². The lowest BCUT2D eigenvalue weighted by atomic mass is 10.0. The second kappa shape index (κ2) is 9.80. The Bertz CT molecular complexity index is 489. The number of aryl methyl sites for hydroxylation is 1. The molecular formula is C20H33N3O. The minimum Gasteiger partial charge on any atom is -0.341 e. The molecule has 0 unspecified atom stereocenters. The van der Waals surface area contributed by atoms with Crippen LogP contribution in [0.4, 0.5) is 0 Å². The van der Waals surface area contributed by atoms with Crippen molar-refractivity contribution in [1.29, 1.82) is 0 Å². The maximum absolute atomic E-state index is 12.5. The van der Waals surface area contributed by atoms with Crippen molar-refractivity contribution in [2.24, 2.45) is 0 Å². The van der Waals surface area contributed by atoms with E-state index in [0.29, 0.717) is 18.4 Å². The minimum absolute atomic E-state index is 0.310. The fourth-order valence-electron chi connectivity index (χ4n) is 3.41. The van der Waals surface area contributed by atoms with Crippen LogP contribution < -0.4 is 0 Å². The van der Waals surface area contributed by atoms with Crippen LogP contribution in [0.5, 0.6) is 0 Å². The summed E-state index contributed by atoms with van der Waals surface area (Å²) in [4.78, 5) is 19.3. The number of hydrogen-bond acceptors (Lipinski definition) is 3. The van der Waals surface area contributed by atoms with Gasteiger partial charge in [0.05, 0.1) is 0 Å². The van der Waals surface area contributed by atoms with Gasteiger partial charge in [0.25, 0.3) is 0 Å². The van der Waals surface area contributed by atoms with Crippen molar-refractivity contribution in [3.05, 3.63) is 35.9 Å². The van der Waals surface area contributed by atoms with Gasteiger partial charge in [-0.2, -0.15) is 0 Å². The molecule has 1 amide bonds. The molecule has 0 aliphatic carbocycles. The SMILES string of the molecule is CN(C)CCCN(C)[C@H]1CCCN(C(=O)CCc2ccccc2)C1. The second-order valence-electron chi connectivity index (χ2n) is 7.26. The molecule has 1 aliphatic heterocycles. The molecule has 0 aromatic heterocycles. The molecule has 134 valence electrons. The molecule has 1 atom stereocenters. The Kier molecular flexibility index (Phi) is 7.73. The van der Waals surface area contributed by atoms with Crippen molar-refractivity contribution in [1.82, 2.24) is 14.7 Å². The fourth-order valence-corrected chi connectivity index (χ4v) is 3.41. The standard InChI is InChI=1S/C20H33N3O/c1-21(2)14-8-15-22(3)19-11-7-16-23(17-19)20(24)13-12-18-9-5-4-6-10-18/h4-6,9-10,19H,7-8,11-17H2,1-3H3/t19-/m0/s1. The van der Waals surface area contributed by atoms with Crippen LogP contribution in [0.25, 0.3) is 0 Å². The highest BCUT2D eigenvalue weighted by Crippen LogP contribution is 2.16. The van der Waals surface area contributed by atoms with Gasteiger partial charge in [-0.3, -0.25) is 4.79 Å². The molecule has 2 rings (SSSR count). The van der Waals surface area contributed by atoms with Gasteiger partial charge in [-0.25, -0.2) is 0 Å². The monoisotopic (exact) mass is 331 g/mol. The molecule has 1 fully saturated rings. The average molecular weight is 332 g/mol. The Balaban J connectivity index is 1.76. The number of amides is 1. The molecule has 24 heavy (non-hydrogen) atoms. The van der Waals surface area contributed by atoms with Crippen LogP contribution >= 0.6 is 0 Å². The first-order valence-corrected chi connectivity index (χ1v) is 9.23. The number of piperidine rings is 1. The van der Waals surface area contributed by atoms with Gasteiger partial charge in [0.1, 0.15) is 0 Å². The number of benzene rings is 1. The van der Waals surface area contributed by atoms with E-state index in [9.17, 15) is 4.79 Å². The molecule has 1 aromatic carbocycles. The van der Waals surface area contributed by atoms with Crippen LogP contribution in [0, 0.1) is 0 Å². The number of nitrogens with zero attached hydrogens (tertiary/aromatic N) is 3. The van der Waals surface area contributed by atoms with Crippen LogP contribution in [0.3, 0.4) is 0 Å². The Morgan fingerprint density at radius 1 is 1.17 bits per heavy atom. The molecule has 4 heteroatoms. The third-order valence-corrected chi connectivity index (χ3v) is 4.96. The van der Waals surface area contributed by atoms with E-state index in [-0.39, 0.29) is 0 Å². The number of carbonyl (C=O) groups is 1. The Morgan fingerprint density at radius 2 is 1.92 bits per heavy atom. The van der Waals surface area contributed by atoms with Gasteiger partial charge in [-0.05, 0) is 65.5 Å². The smallest absolute Gasteiger partial charge is 0.222 e. The molecule has 1 heterocycles. The quantitative estimate of drug-likeness (QED) is 0.732. The highest BCUT2D eigenvalue weighted by atomic mass is 16.2. The van der Waals surface area contributed by atoms with E-state index in [1.165, 1.54) is 18.4 Å². The highest BCUT2D eigenvalue weighted by molar-refractivity contribution is 5.76. The summed E-state index contributed by atoms with van der Waals surface area (Å²) < 4.78 is 0. The fraction of sp³-hybridized carbons (Fsp3) is 0.650. The van der Waals surface area contributed by atoms with Crippen LogP contribution in [0.15, 0.2) is 30.3 Å². The third kappa shape index (κ3) is 6.25. The minimum atomic E-state index is 0.310. The third-order valence-electron chi connectivity index (χ3n) is 4.96. The van der Waals surface area contributed by atoms with Crippen LogP contribution in [0.2, 0.25) is 0 Å². The lowest BCUT2D eigenvalue weighted by molar-refractivity contribution is -0.133. The van der Waals surface area contributed by atoms with E-state index in [2.05, 4.69) is 48.0 Å². The molecule has 1 aliphatic rings. The zero-order valence-corrected chi connectivity index (χ0v) is 15.6. The summed E-state index contributed by atoms with van der Waals surface area (Å²) in [5.41, 5.74) is 1.25. The molecule has 4 nitrogen and oxygen atoms in total. The van der Waals surface area contributed by atoms with Gasteiger partial charge >= 0.3 is 0 Å². The van der Waals surface area contributed by atoms with Gasteiger partial charge in [0, 0.05) is 25.6 Å². The van der Waals surface area contributed by atoms with Gasteiger partial charge in [0.2, 0.25) is 5.91 Å². The van der Waals surface area contributed by atoms with E-state index >= 15 is 0 Å². The van der Waals surface area contributed by atoms with Crippen LogP contribution in [0.1, 0.15) is 31.2 Å². The molecule has 0 bridgehead atoms. The molecule has 1 saturated heterocycles. The maximum atomic E-state index is 12.5. The lowest BCUT2D eigenvalue weighted by Crippen LogP contribution is -2.49. The average Bonchev–Trinajstić information content (AvgIpc) is 2.60. The number of rotatable bonds is 8. The molecule has 0 N–H and O–H groups in total. The highest BCUT2D eigenvalue weighted by Gasteiger charge is 2.25. The molecule has 0 saturated carbocycles. The number of carbonyl (C=O) groups excluding carboxylic acids is 1. The summed E-state index contributed by atoms with van der Waals surface area (Å²) in [6.07, 6.45) is 4.99. The first kappa shape index (κ1) is 18.9. The first-order valence-electron chi connectivity index (χ1n) is 9.23. The summed E-state index contributed by atoms with van der Waals surface area (Å²) in [5.74, 6) is 0.310. The second-order valence-corrected chi connectivity index (χ2v) is 7.26. The maximum Gasteiger partial charge on any atom is 0.222 e. The van der Waals surface area contributed by atoms with E-state index in [1.807, 2.05) is 18.2 Å². The van der Waals surface area contributed by atoms with Crippen molar-refractivity contribution in [2.45, 2.75) is 38.1 Å². The number of likely N-dealkylation sites (tertiary alicyclic amines) is 1. The van der Waals surface area contributed by atoms with Crippen LogP contribution in [-0.4, -0.2) is 74.0 Å². The Hall–Kier alpha value is -1.39. The summed E-state index contributed by atoms with van der Waals surface area (Å²) in [6, 6.07) is 10.8. The lowest BCUT2D eigenvalue weighted by Gasteiger charge is -2.38. The van der Waals surface area contributed by atoms with Crippen molar-refractivity contribution >= 4 is 5.91 Å². The first-order chi connectivity index (χ1) is 11.6. The Labute approximate surface area is 147 Å². The summed E-state index contributed by atoms with van der Waals surface area (Å²) in [5, 5.41) is 0. The van der Waals surface area contributed by atoms with Crippen molar-refractivity contribution in [2.75, 3.05) is 47.3 Å². The zero-order chi connectivity index (χ0) is 17.4. The summed E-state index contributed by atoms with van der Waals surface area (Å²) in [7, 11) is 6.44. The zero-order valence-electron chi connectivity index (χ0n) is 15.6. The van der Waals surface area contributed by atoms with E-state index in [4.69, 9.17) is 0 Å². The van der Waals surface area contributed by atoms with Crippen molar-refractivity contribution in [3.8, 4) is 0 Å². The Morgan fingerprint density at radius 3 is 2.62 bits per heavy atom. The van der Waals surface area contributed by atoms with E-state index in [1.54, 1.807) is 0 Å². The normalized spacial score (nSPS) is 18.4. The summed E-state index contributed by atoms with van der Waals surface area (Å²) in [6.45, 7) is 4.05. The van der Waals surface area contributed by atoms with Crippen molar-refractivity contribution in [3.63, 3.8) is 0 Å². The predicted octanol–water partition coefficient (Wildman–Crippen LogP) is 2.49. The van der Waals surface area contributed by atoms with E-state index < -0.39 is 0 Å².